The predicted octanol–water partition coefficient (Wildman–Crippen LogP) is 4.28. The fourth-order valence-electron chi connectivity index (χ4n) is 5.02. The van der Waals surface area contributed by atoms with Crippen LogP contribution in [0.4, 0.5) is 0 Å². The van der Waals surface area contributed by atoms with Crippen LogP contribution >= 0.6 is 22.9 Å². The van der Waals surface area contributed by atoms with Crippen molar-refractivity contribution >= 4 is 51.9 Å². The molecule has 4 aromatic rings. The van der Waals surface area contributed by atoms with E-state index in [-0.39, 0.29) is 29.8 Å². The summed E-state index contributed by atoms with van der Waals surface area (Å²) in [6.45, 7) is 7.23. The first-order chi connectivity index (χ1) is 19.1. The summed E-state index contributed by atoms with van der Waals surface area (Å²) in [7, 11) is 1.35. The van der Waals surface area contributed by atoms with Crippen molar-refractivity contribution in [3.8, 4) is 0 Å². The van der Waals surface area contributed by atoms with Crippen LogP contribution in [0.2, 0.25) is 5.02 Å². The Morgan fingerprint density at radius 2 is 1.82 bits per heavy atom. The molecule has 0 aliphatic carbocycles. The number of rotatable bonds is 6. The monoisotopic (exact) mass is 577 g/mol. The molecular formula is C30H28ClN3O5S. The molecule has 1 unspecified atom stereocenters. The van der Waals surface area contributed by atoms with Crippen LogP contribution < -0.4 is 14.9 Å². The third-order valence-electron chi connectivity index (χ3n) is 6.85. The number of carbonyl (C=O) groups excluding carboxylic acids is 2. The first kappa shape index (κ1) is 27.6. The lowest BCUT2D eigenvalue weighted by Gasteiger charge is -2.26. The zero-order valence-corrected chi connectivity index (χ0v) is 24.3. The number of ether oxygens (including phenoxy) is 2. The van der Waals surface area contributed by atoms with Crippen molar-refractivity contribution in [2.45, 2.75) is 46.4 Å². The maximum Gasteiger partial charge on any atom is 0.338 e. The molecule has 0 radical (unpaired) electrons. The van der Waals surface area contributed by atoms with E-state index in [2.05, 4.69) is 4.99 Å². The molecule has 0 bridgehead atoms. The van der Waals surface area contributed by atoms with Crippen molar-refractivity contribution < 1.29 is 19.1 Å². The summed E-state index contributed by atoms with van der Waals surface area (Å²) in [5, 5.41) is 1.32. The van der Waals surface area contributed by atoms with Crippen LogP contribution in [0.25, 0.3) is 17.0 Å². The second-order valence-corrected chi connectivity index (χ2v) is 11.2. The molecule has 10 heteroatoms. The quantitative estimate of drug-likeness (QED) is 0.319. The van der Waals surface area contributed by atoms with Gasteiger partial charge in [-0.1, -0.05) is 59.3 Å². The number of halogens is 1. The maximum atomic E-state index is 14.1. The van der Waals surface area contributed by atoms with Gasteiger partial charge in [0.25, 0.3) is 5.56 Å². The summed E-state index contributed by atoms with van der Waals surface area (Å²) >= 11 is 7.85. The molecule has 3 heterocycles. The van der Waals surface area contributed by atoms with E-state index in [1.54, 1.807) is 39.0 Å². The SMILES string of the molecule is COC(=O)Cn1c(C)c(C=c2sc3n(c2=O)C(c2ccccc2Cl)C(C(=O)OC(C)C)=C(C)N=3)c2ccccc21. The highest BCUT2D eigenvalue weighted by Crippen LogP contribution is 2.34. The lowest BCUT2D eigenvalue weighted by Crippen LogP contribution is -2.40. The van der Waals surface area contributed by atoms with Gasteiger partial charge in [0.2, 0.25) is 0 Å². The Bertz CT molecular complexity index is 1880. The molecule has 1 aliphatic heterocycles. The van der Waals surface area contributed by atoms with E-state index in [9.17, 15) is 14.4 Å². The van der Waals surface area contributed by atoms with Gasteiger partial charge in [0, 0.05) is 27.2 Å². The molecule has 8 nitrogen and oxygen atoms in total. The lowest BCUT2D eigenvalue weighted by atomic mass is 9.96. The molecular weight excluding hydrogens is 550 g/mol. The van der Waals surface area contributed by atoms with Gasteiger partial charge in [-0.25, -0.2) is 9.79 Å². The number of hydrogen-bond acceptors (Lipinski definition) is 7. The number of allylic oxidation sites excluding steroid dienone is 1. The zero-order chi connectivity index (χ0) is 28.7. The summed E-state index contributed by atoms with van der Waals surface area (Å²) in [6, 6.07) is 14.0. The van der Waals surface area contributed by atoms with Crippen molar-refractivity contribution in [1.29, 1.82) is 0 Å². The molecule has 0 fully saturated rings. The van der Waals surface area contributed by atoms with E-state index in [1.807, 2.05) is 47.9 Å². The molecule has 2 aromatic carbocycles. The number of nitrogens with zero attached hydrogens (tertiary/aromatic N) is 3. The molecule has 0 saturated heterocycles. The van der Waals surface area contributed by atoms with Gasteiger partial charge in [0.1, 0.15) is 12.6 Å². The predicted molar refractivity (Wildman–Crippen MR) is 155 cm³/mol. The van der Waals surface area contributed by atoms with E-state index in [0.717, 1.165) is 22.2 Å². The van der Waals surface area contributed by atoms with E-state index < -0.39 is 12.0 Å². The normalized spacial score (nSPS) is 15.4. The highest BCUT2D eigenvalue weighted by molar-refractivity contribution is 7.07. The molecule has 0 amide bonds. The van der Waals surface area contributed by atoms with E-state index in [0.29, 0.717) is 25.6 Å². The van der Waals surface area contributed by atoms with E-state index in [4.69, 9.17) is 21.1 Å². The number of methoxy groups -OCH3 is 1. The van der Waals surface area contributed by atoms with Gasteiger partial charge >= 0.3 is 11.9 Å². The molecule has 0 saturated carbocycles. The van der Waals surface area contributed by atoms with Gasteiger partial charge in [-0.3, -0.25) is 14.2 Å². The summed E-state index contributed by atoms with van der Waals surface area (Å²) in [4.78, 5) is 44.6. The third kappa shape index (κ3) is 4.80. The number of aromatic nitrogens is 2. The van der Waals surface area contributed by atoms with Crippen LogP contribution in [0, 0.1) is 6.92 Å². The Labute approximate surface area is 239 Å². The standard InChI is InChI=1S/C30H28ClN3O5S/c1-16(2)39-29(37)26-17(3)32-30-34(27(26)20-11-6-8-12-22(20)31)28(36)24(40-30)14-21-18(4)33(15-25(35)38-5)23-13-9-7-10-19(21)23/h6-14,16,27H,15H2,1-5H3. The molecule has 1 aliphatic rings. The molecule has 0 spiro atoms. The number of esters is 2. The zero-order valence-electron chi connectivity index (χ0n) is 22.7. The Kier molecular flexibility index (Phi) is 7.53. The van der Waals surface area contributed by atoms with Crippen LogP contribution in [0.5, 0.6) is 0 Å². The average molecular weight is 578 g/mol. The van der Waals surface area contributed by atoms with Gasteiger partial charge < -0.3 is 14.0 Å². The average Bonchev–Trinajstić information content (AvgIpc) is 3.36. The first-order valence-electron chi connectivity index (χ1n) is 12.7. The Morgan fingerprint density at radius 1 is 1.12 bits per heavy atom. The molecule has 2 aromatic heterocycles. The van der Waals surface area contributed by atoms with Crippen LogP contribution in [-0.4, -0.2) is 34.3 Å². The number of fused-ring (bicyclic) bond motifs is 2. The van der Waals surface area contributed by atoms with E-state index in [1.165, 1.54) is 23.0 Å². The van der Waals surface area contributed by atoms with Gasteiger partial charge in [-0.2, -0.15) is 0 Å². The number of thiazole rings is 1. The number of benzene rings is 2. The van der Waals surface area contributed by atoms with Crippen LogP contribution in [0.1, 0.15) is 43.6 Å². The van der Waals surface area contributed by atoms with Crippen LogP contribution in [-0.2, 0) is 25.6 Å². The van der Waals surface area contributed by atoms with Crippen molar-refractivity contribution in [2.24, 2.45) is 4.99 Å². The Balaban J connectivity index is 1.76. The number of hydrogen-bond donors (Lipinski definition) is 0. The summed E-state index contributed by atoms with van der Waals surface area (Å²) in [5.41, 5.74) is 3.52. The second kappa shape index (κ2) is 10.9. The highest BCUT2D eigenvalue weighted by Gasteiger charge is 2.35. The minimum Gasteiger partial charge on any atom is -0.468 e. The first-order valence-corrected chi connectivity index (χ1v) is 13.9. The summed E-state index contributed by atoms with van der Waals surface area (Å²) in [6.07, 6.45) is 1.47. The van der Waals surface area contributed by atoms with Crippen molar-refractivity contribution in [3.63, 3.8) is 0 Å². The minimum absolute atomic E-state index is 0.0466. The molecule has 40 heavy (non-hydrogen) atoms. The fraction of sp³-hybridized carbons (Fsp3) is 0.267. The van der Waals surface area contributed by atoms with Gasteiger partial charge in [-0.15, -0.1) is 0 Å². The van der Waals surface area contributed by atoms with Crippen molar-refractivity contribution in [1.82, 2.24) is 9.13 Å². The smallest absolute Gasteiger partial charge is 0.338 e. The molecule has 0 N–H and O–H groups in total. The lowest BCUT2D eigenvalue weighted by molar-refractivity contribution is -0.143. The van der Waals surface area contributed by atoms with Crippen LogP contribution in [0.3, 0.4) is 0 Å². The van der Waals surface area contributed by atoms with Gasteiger partial charge in [0.15, 0.2) is 4.80 Å². The maximum absolute atomic E-state index is 14.1. The largest absolute Gasteiger partial charge is 0.468 e. The van der Waals surface area contributed by atoms with Gasteiger partial charge in [-0.05, 0) is 51.5 Å². The molecule has 5 rings (SSSR count). The van der Waals surface area contributed by atoms with Crippen molar-refractivity contribution in [3.05, 3.63) is 101 Å². The summed E-state index contributed by atoms with van der Waals surface area (Å²) in [5.74, 6) is -0.914. The minimum atomic E-state index is -0.805. The Hall–Kier alpha value is -3.95. The fourth-order valence-corrected chi connectivity index (χ4v) is 6.29. The second-order valence-electron chi connectivity index (χ2n) is 9.74. The van der Waals surface area contributed by atoms with Gasteiger partial charge in [0.05, 0.1) is 29.0 Å². The number of carbonyl (C=O) groups is 2. The molecule has 206 valence electrons. The topological polar surface area (TPSA) is 91.9 Å². The Morgan fingerprint density at radius 3 is 2.52 bits per heavy atom. The molecule has 1 atom stereocenters. The summed E-state index contributed by atoms with van der Waals surface area (Å²) < 4.78 is 14.3. The van der Waals surface area contributed by atoms with Crippen LogP contribution in [0.15, 0.2) is 69.6 Å². The highest BCUT2D eigenvalue weighted by atomic mass is 35.5. The van der Waals surface area contributed by atoms with E-state index >= 15 is 0 Å². The third-order valence-corrected chi connectivity index (χ3v) is 8.18. The number of para-hydroxylation sites is 1. The van der Waals surface area contributed by atoms with Crippen molar-refractivity contribution in [2.75, 3.05) is 7.11 Å².